The summed E-state index contributed by atoms with van der Waals surface area (Å²) < 4.78 is 136. The quantitative estimate of drug-likeness (QED) is 0.0182. The molecule has 596 valence electrons. The van der Waals surface area contributed by atoms with Crippen molar-refractivity contribution in [1.82, 2.24) is 31.1 Å². The second-order valence-corrected chi connectivity index (χ2v) is 29.0. The molecule has 6 aromatic rings. The van der Waals surface area contributed by atoms with Crippen LogP contribution < -0.4 is 26.0 Å². The van der Waals surface area contributed by atoms with Gasteiger partial charge in [0, 0.05) is 54.3 Å². The highest BCUT2D eigenvalue weighted by molar-refractivity contribution is 9.09. The number of benzene rings is 6. The van der Waals surface area contributed by atoms with Gasteiger partial charge in [-0.1, -0.05) is 40.2 Å². The molecular weight excluding hydrogens is 1560 g/mol. The van der Waals surface area contributed by atoms with E-state index in [1.165, 1.54) is 78.9 Å². The van der Waals surface area contributed by atoms with Gasteiger partial charge in [-0.25, -0.2) is 18.8 Å². The lowest BCUT2D eigenvalue weighted by molar-refractivity contribution is -0.138. The summed E-state index contributed by atoms with van der Waals surface area (Å²) >= 11 is 3.31. The number of aromatic hydroxyl groups is 1. The molecule has 113 heavy (non-hydrogen) atoms. The number of carbonyl (C=O) groups is 10. The van der Waals surface area contributed by atoms with Crippen molar-refractivity contribution in [1.29, 1.82) is 0 Å². The number of hydrogen-bond acceptors (Lipinski definition) is 18. The first-order valence-electron chi connectivity index (χ1n) is 36.8. The Hall–Kier alpha value is -10.5. The van der Waals surface area contributed by atoms with Crippen LogP contribution in [-0.4, -0.2) is 163 Å². The highest BCUT2D eigenvalue weighted by Gasteiger charge is 2.48. The monoisotopic (exact) mass is 1640 g/mol. The van der Waals surface area contributed by atoms with Gasteiger partial charge < -0.3 is 39.4 Å². The van der Waals surface area contributed by atoms with E-state index in [4.69, 9.17) is 23.7 Å². The maximum atomic E-state index is 14.1. The van der Waals surface area contributed by atoms with Crippen molar-refractivity contribution < 1.29 is 112 Å². The van der Waals surface area contributed by atoms with Gasteiger partial charge in [0.1, 0.15) is 53.5 Å². The van der Waals surface area contributed by atoms with Gasteiger partial charge in [-0.15, -0.1) is 0 Å². The van der Waals surface area contributed by atoms with E-state index >= 15 is 0 Å². The summed E-state index contributed by atoms with van der Waals surface area (Å²) in [5.41, 5.74) is 0.830. The minimum absolute atomic E-state index is 0.0343. The van der Waals surface area contributed by atoms with Gasteiger partial charge in [0.25, 0.3) is 35.4 Å². The van der Waals surface area contributed by atoms with Gasteiger partial charge in [0.2, 0.25) is 23.6 Å². The third-order valence-electron chi connectivity index (χ3n) is 20.8. The molecule has 24 nitrogen and oxygen atoms in total. The van der Waals surface area contributed by atoms with E-state index in [9.17, 15) is 88.2 Å². The Morgan fingerprint density at radius 1 is 0.478 bits per heavy atom. The van der Waals surface area contributed by atoms with Gasteiger partial charge in [-0.2, -0.15) is 26.3 Å². The molecule has 4 atom stereocenters. The fraction of sp³-hybridized carbons (Fsp3) is 0.400. The third kappa shape index (κ3) is 19.6. The molecule has 4 fully saturated rings. The molecule has 14 rings (SSSR count). The molecule has 8 aliphatic rings. The van der Waals surface area contributed by atoms with Gasteiger partial charge in [0.15, 0.2) is 0 Å². The van der Waals surface area contributed by atoms with Gasteiger partial charge >= 0.3 is 12.4 Å². The van der Waals surface area contributed by atoms with E-state index in [0.717, 1.165) is 102 Å². The summed E-state index contributed by atoms with van der Waals surface area (Å²) in [6.07, 6.45) is -2.02. The number of amides is 10. The average molecular weight is 1640 g/mol. The fourth-order valence-electron chi connectivity index (χ4n) is 15.3. The van der Waals surface area contributed by atoms with Crippen LogP contribution in [-0.2, 0) is 50.5 Å². The molecule has 6 aliphatic heterocycles. The predicted molar refractivity (Wildman–Crippen MR) is 392 cm³/mol. The topological polar surface area (TPSA) is 316 Å². The summed E-state index contributed by atoms with van der Waals surface area (Å²) in [5.74, 6) is -5.73. The molecule has 33 heteroatoms. The number of aliphatic imine (C=N–C) groups is 2. The zero-order valence-corrected chi connectivity index (χ0v) is 62.1. The number of imide groups is 4. The third-order valence-corrected chi connectivity index (χ3v) is 21.2. The molecule has 0 bridgehead atoms. The SMILES string of the molecule is O=C(NC1=Nc2cc(F)ccc2[C@H]1C1CCC(COCCOCCBr)CC1)c1cccc(C(F)(F)F)c1.O=C1CCC(N2C(=O)c3ccc(O)cc3C2=O)C(=O)N1.O=C1CCC(N2C(=O)c3ccc(OCCOCCOCC4CCC([C@H]5C(NC(=O)c6cccc(C(F)(F)F)c6)=Nc6cc(F)ccc65)CC4)cc3C2=O)C(=O)N1. The number of rotatable bonds is 22. The maximum Gasteiger partial charge on any atom is 0.416 e. The van der Waals surface area contributed by atoms with Crippen LogP contribution in [0.5, 0.6) is 11.5 Å². The Balaban J connectivity index is 0.000000177. The van der Waals surface area contributed by atoms with Crippen molar-refractivity contribution >= 4 is 98.0 Å². The van der Waals surface area contributed by atoms with Crippen LogP contribution in [0.4, 0.5) is 46.5 Å². The number of phenols is 1. The van der Waals surface area contributed by atoms with E-state index in [2.05, 4.69) is 47.2 Å². The molecule has 2 aliphatic carbocycles. The van der Waals surface area contributed by atoms with Gasteiger partial charge in [-0.3, -0.25) is 68.4 Å². The number of nitrogens with zero attached hydrogens (tertiary/aromatic N) is 4. The maximum absolute atomic E-state index is 14.1. The van der Waals surface area contributed by atoms with E-state index in [1.54, 1.807) is 18.2 Å². The molecule has 6 aromatic carbocycles. The van der Waals surface area contributed by atoms with Crippen LogP contribution in [0.3, 0.4) is 0 Å². The van der Waals surface area contributed by atoms with Crippen LogP contribution in [0.2, 0.25) is 0 Å². The lowest BCUT2D eigenvalue weighted by Gasteiger charge is -2.33. The average Bonchev–Trinajstić information content (AvgIpc) is 1.63. The molecule has 0 aromatic heterocycles. The second-order valence-electron chi connectivity index (χ2n) is 28.2. The van der Waals surface area contributed by atoms with E-state index in [0.29, 0.717) is 81.0 Å². The first-order valence-corrected chi connectivity index (χ1v) is 37.9. The molecule has 5 N–H and O–H groups in total. The fourth-order valence-corrected chi connectivity index (χ4v) is 15.5. The minimum Gasteiger partial charge on any atom is -0.508 e. The van der Waals surface area contributed by atoms with Crippen molar-refractivity contribution in [2.24, 2.45) is 33.7 Å². The van der Waals surface area contributed by atoms with Crippen LogP contribution in [0.15, 0.2) is 131 Å². The molecule has 2 unspecified atom stereocenters. The van der Waals surface area contributed by atoms with Crippen LogP contribution in [0.1, 0.15) is 173 Å². The van der Waals surface area contributed by atoms with Crippen molar-refractivity contribution in [2.45, 2.75) is 113 Å². The largest absolute Gasteiger partial charge is 0.508 e. The first-order chi connectivity index (χ1) is 54.1. The van der Waals surface area contributed by atoms with Crippen LogP contribution in [0.25, 0.3) is 0 Å². The summed E-state index contributed by atoms with van der Waals surface area (Å²) in [6, 6.07) is 23.4. The molecule has 0 spiro atoms. The normalized spacial score (nSPS) is 21.8. The summed E-state index contributed by atoms with van der Waals surface area (Å²) in [4.78, 5) is 134. The van der Waals surface area contributed by atoms with Gasteiger partial charge in [-0.05, 0) is 196 Å². The summed E-state index contributed by atoms with van der Waals surface area (Å²) in [7, 11) is 0. The Bertz CT molecular complexity index is 4740. The number of ether oxygens (including phenoxy) is 5. The zero-order chi connectivity index (χ0) is 80.4. The number of piperidine rings is 2. The van der Waals surface area contributed by atoms with Crippen LogP contribution in [0, 0.1) is 35.3 Å². The smallest absolute Gasteiger partial charge is 0.416 e. The van der Waals surface area contributed by atoms with Crippen molar-refractivity contribution in [2.75, 3.05) is 64.8 Å². The molecule has 6 heterocycles. The Morgan fingerprint density at radius 3 is 1.34 bits per heavy atom. The van der Waals surface area contributed by atoms with E-state index in [1.807, 2.05) is 0 Å². The van der Waals surface area contributed by atoms with Crippen molar-refractivity contribution in [3.63, 3.8) is 0 Å². The molecule has 0 radical (unpaired) electrons. The lowest BCUT2D eigenvalue weighted by Crippen LogP contribution is -2.54. The van der Waals surface area contributed by atoms with Crippen molar-refractivity contribution in [3.8, 4) is 11.5 Å². The molecule has 10 amide bonds. The number of hydrogen-bond donors (Lipinski definition) is 5. The molecule has 2 saturated heterocycles. The standard InChI is InChI=1S/C40H38F4N4O8.C27H29BrF4N2O3.C13H10N2O5/c41-26-8-10-29-31(19-26)45-35(47-36(50)24-2-1-3-25(18-24)40(42,43)44)34(29)23-6-4-22(5-7-23)21-55-15-14-54-16-17-56-27-9-11-28-30(20-27)39(53)48(38(28)52)32-12-13-33(49)46-37(32)51;28-10-11-36-12-13-37-16-17-4-6-18(7-5-17)24-22-9-8-21(29)15-23(22)33-25(24)34-26(35)19-2-1-3-20(14-19)27(30,31)32;16-6-1-2-7-8(5-6)13(20)15(12(7)19)9-3-4-10(17)14-11(9)18/h1-3,8-11,18-20,22-23,32,34H,4-7,12-17,21H2,(H,45,47,50)(H,46,49,51);1-3,8-9,14-15,17-18,24H,4-7,10-13,16H2,(H,33,34,35);1-2,5,9,16H,3-4H2,(H,14,17,18)/t22?,23?,32?,34-;17?,18?,24-;/m11./s1. The summed E-state index contributed by atoms with van der Waals surface area (Å²) in [6.45, 7) is 4.01. The first kappa shape index (κ1) is 82.0. The van der Waals surface area contributed by atoms with Crippen LogP contribution >= 0.6 is 15.9 Å². The second kappa shape index (κ2) is 36.1. The highest BCUT2D eigenvalue weighted by atomic mass is 79.9. The number of amidine groups is 2. The van der Waals surface area contributed by atoms with E-state index < -0.39 is 106 Å². The molecule has 2 saturated carbocycles. The van der Waals surface area contributed by atoms with E-state index in [-0.39, 0.29) is 108 Å². The number of carbonyl (C=O) groups excluding carboxylic acids is 10. The van der Waals surface area contributed by atoms with Gasteiger partial charge in [0.05, 0.1) is 84.4 Å². The summed E-state index contributed by atoms with van der Waals surface area (Å²) in [5, 5.41) is 19.9. The Kier molecular flexibility index (Phi) is 26.2. The number of nitrogens with one attached hydrogen (secondary N) is 4. The highest BCUT2D eigenvalue weighted by Crippen LogP contribution is 2.48. The predicted octanol–water partition coefficient (Wildman–Crippen LogP) is 12.2. The van der Waals surface area contributed by atoms with Crippen molar-refractivity contribution in [3.05, 3.63) is 189 Å². The minimum atomic E-state index is -4.60. The number of phenolic OH excluding ortho intramolecular Hbond substituents is 1. The Labute approximate surface area is 649 Å². The lowest BCUT2D eigenvalue weighted by atomic mass is 9.73. The number of alkyl halides is 7. The number of fused-ring (bicyclic) bond motifs is 4. The number of halogens is 9. The zero-order valence-electron chi connectivity index (χ0n) is 60.5. The molecular formula is C80H77BrF8N8O16. The Morgan fingerprint density at radius 2 is 0.894 bits per heavy atom.